The minimum Gasteiger partial charge on any atom is -0.493 e. The Morgan fingerprint density at radius 2 is 1.81 bits per heavy atom. The summed E-state index contributed by atoms with van der Waals surface area (Å²) in [6.45, 7) is -1.92. The second kappa shape index (κ2) is 9.18. The topological polar surface area (TPSA) is 73.9 Å². The number of halogens is 3. The summed E-state index contributed by atoms with van der Waals surface area (Å²) >= 11 is 5.82. The highest BCUT2D eigenvalue weighted by atomic mass is 35.5. The summed E-state index contributed by atoms with van der Waals surface area (Å²) < 4.78 is 39.2. The van der Waals surface area contributed by atoms with Crippen molar-refractivity contribution in [3.63, 3.8) is 0 Å². The van der Waals surface area contributed by atoms with Crippen LogP contribution in [0, 0.1) is 0 Å². The first-order valence-corrected chi connectivity index (χ1v) is 8.04. The number of hydrogen-bond donors (Lipinski definition) is 1. The summed E-state index contributed by atoms with van der Waals surface area (Å²) in [5, 5.41) is 2.44. The van der Waals surface area contributed by atoms with Gasteiger partial charge in [-0.2, -0.15) is 8.78 Å². The molecule has 1 N–H and O–H groups in total. The molecule has 0 spiro atoms. The first-order chi connectivity index (χ1) is 12.8. The summed E-state index contributed by atoms with van der Waals surface area (Å²) in [5.41, 5.74) is 0.735. The first-order valence-electron chi connectivity index (χ1n) is 7.66. The van der Waals surface area contributed by atoms with Crippen molar-refractivity contribution in [1.29, 1.82) is 0 Å². The maximum atomic E-state index is 12.2. The maximum absolute atomic E-state index is 12.2. The Hall–Kier alpha value is -2.87. The number of alkyl halides is 2. The number of carbonyl (C=O) groups is 2. The van der Waals surface area contributed by atoms with Crippen LogP contribution < -0.4 is 19.5 Å². The van der Waals surface area contributed by atoms with E-state index in [1.165, 1.54) is 44.4 Å². The third-order valence-electron chi connectivity index (χ3n) is 3.36. The molecule has 0 aliphatic rings. The van der Waals surface area contributed by atoms with Gasteiger partial charge in [-0.05, 0) is 43.3 Å². The molecule has 0 aromatic heterocycles. The number of rotatable bonds is 8. The molecule has 144 valence electrons. The average molecular weight is 400 g/mol. The Morgan fingerprint density at radius 1 is 1.11 bits per heavy atom. The lowest BCUT2D eigenvalue weighted by atomic mass is 10.1. The van der Waals surface area contributed by atoms with E-state index in [1.54, 1.807) is 6.07 Å². The number of Topliss-reactive ketones (excluding diaryl/α,β-unsaturated/α-hetero) is 1. The molecule has 1 amide bonds. The molecule has 9 heteroatoms. The lowest BCUT2D eigenvalue weighted by molar-refractivity contribution is -0.118. The van der Waals surface area contributed by atoms with Crippen LogP contribution in [-0.4, -0.2) is 32.0 Å². The van der Waals surface area contributed by atoms with E-state index in [4.69, 9.17) is 21.1 Å². The fourth-order valence-corrected chi connectivity index (χ4v) is 2.34. The van der Waals surface area contributed by atoms with Crippen molar-refractivity contribution < 1.29 is 32.6 Å². The lowest BCUT2D eigenvalue weighted by Gasteiger charge is -2.12. The largest absolute Gasteiger partial charge is 0.493 e. The zero-order valence-electron chi connectivity index (χ0n) is 14.4. The van der Waals surface area contributed by atoms with Crippen molar-refractivity contribution in [2.45, 2.75) is 13.5 Å². The summed E-state index contributed by atoms with van der Waals surface area (Å²) in [6.07, 6.45) is 0. The van der Waals surface area contributed by atoms with Crippen molar-refractivity contribution in [3.05, 3.63) is 47.0 Å². The second-order valence-electron chi connectivity index (χ2n) is 5.28. The Labute approximate surface area is 159 Å². The van der Waals surface area contributed by atoms with Crippen LogP contribution in [0.1, 0.15) is 17.3 Å². The molecule has 27 heavy (non-hydrogen) atoms. The molecule has 0 radical (unpaired) electrons. The maximum Gasteiger partial charge on any atom is 0.387 e. The molecule has 0 saturated heterocycles. The molecule has 2 aromatic rings. The van der Waals surface area contributed by atoms with Gasteiger partial charge in [-0.3, -0.25) is 9.59 Å². The monoisotopic (exact) mass is 399 g/mol. The molecular formula is C18H16ClF2NO5. The van der Waals surface area contributed by atoms with Gasteiger partial charge in [0.05, 0.1) is 12.1 Å². The molecule has 0 heterocycles. The van der Waals surface area contributed by atoms with Crippen molar-refractivity contribution in [3.8, 4) is 17.2 Å². The summed E-state index contributed by atoms with van der Waals surface area (Å²) in [7, 11) is 1.41. The van der Waals surface area contributed by atoms with Gasteiger partial charge in [0.2, 0.25) is 0 Å². The van der Waals surface area contributed by atoms with Crippen LogP contribution in [0.15, 0.2) is 36.4 Å². The number of amides is 1. The predicted octanol–water partition coefficient (Wildman–Crippen LogP) is 4.17. The molecule has 0 unspecified atom stereocenters. The third kappa shape index (κ3) is 5.82. The van der Waals surface area contributed by atoms with Gasteiger partial charge in [-0.1, -0.05) is 11.6 Å². The van der Waals surface area contributed by atoms with E-state index in [1.807, 2.05) is 0 Å². The van der Waals surface area contributed by atoms with Crippen molar-refractivity contribution in [2.24, 2.45) is 0 Å². The molecule has 0 bridgehead atoms. The van der Waals surface area contributed by atoms with Crippen LogP contribution in [0.5, 0.6) is 17.2 Å². The minimum atomic E-state index is -3.00. The molecule has 2 rings (SSSR count). The number of ketones is 1. The summed E-state index contributed by atoms with van der Waals surface area (Å²) in [4.78, 5) is 23.4. The number of nitrogens with one attached hydrogen (secondary N) is 1. The number of methoxy groups -OCH3 is 1. The summed E-state index contributed by atoms with van der Waals surface area (Å²) in [6, 6.07) is 8.45. The fourth-order valence-electron chi connectivity index (χ4n) is 2.12. The van der Waals surface area contributed by atoms with Crippen molar-refractivity contribution in [2.75, 3.05) is 19.0 Å². The van der Waals surface area contributed by atoms with Gasteiger partial charge in [0.25, 0.3) is 5.91 Å². The van der Waals surface area contributed by atoms with Gasteiger partial charge in [0, 0.05) is 11.3 Å². The fraction of sp³-hybridized carbons (Fsp3) is 0.222. The van der Waals surface area contributed by atoms with Gasteiger partial charge < -0.3 is 19.5 Å². The normalized spacial score (nSPS) is 10.4. The Morgan fingerprint density at radius 3 is 2.41 bits per heavy atom. The smallest absolute Gasteiger partial charge is 0.387 e. The molecule has 0 fully saturated rings. The highest BCUT2D eigenvalue weighted by Gasteiger charge is 2.12. The molecule has 0 saturated carbocycles. The molecular weight excluding hydrogens is 384 g/mol. The van der Waals surface area contributed by atoms with Crippen molar-refractivity contribution >= 4 is 29.0 Å². The quantitative estimate of drug-likeness (QED) is 0.674. The number of hydrogen-bond acceptors (Lipinski definition) is 5. The SMILES string of the molecule is COc1cc(C(C)=O)ccc1OCC(=O)Nc1ccc(OC(F)F)c(Cl)c1. The summed E-state index contributed by atoms with van der Waals surface area (Å²) in [5.74, 6) is -0.236. The Kier molecular flexibility index (Phi) is 6.95. The van der Waals surface area contributed by atoms with E-state index in [2.05, 4.69) is 10.1 Å². The first kappa shape index (κ1) is 20.4. The Balaban J connectivity index is 1.98. The van der Waals surface area contributed by atoms with Gasteiger partial charge in [0.15, 0.2) is 23.9 Å². The van der Waals surface area contributed by atoms with Gasteiger partial charge >= 0.3 is 6.61 Å². The standard InChI is InChI=1S/C18H16ClF2NO5/c1-10(23)11-3-5-15(16(7-11)25-2)26-9-17(24)22-12-4-6-14(13(19)8-12)27-18(20)21/h3-8,18H,9H2,1-2H3,(H,22,24). The highest BCUT2D eigenvalue weighted by molar-refractivity contribution is 6.32. The van der Waals surface area contributed by atoms with Gasteiger partial charge in [0.1, 0.15) is 5.75 Å². The van der Waals surface area contributed by atoms with E-state index in [0.717, 1.165) is 0 Å². The number of carbonyl (C=O) groups excluding carboxylic acids is 2. The van der Waals surface area contributed by atoms with Crippen LogP contribution >= 0.6 is 11.6 Å². The third-order valence-corrected chi connectivity index (χ3v) is 3.66. The van der Waals surface area contributed by atoms with E-state index < -0.39 is 12.5 Å². The van der Waals surface area contributed by atoms with Crippen LogP contribution in [0.4, 0.5) is 14.5 Å². The predicted molar refractivity (Wildman–Crippen MR) is 95.2 cm³/mol. The molecule has 6 nitrogen and oxygen atoms in total. The van der Waals surface area contributed by atoms with Crippen LogP contribution in [0.25, 0.3) is 0 Å². The van der Waals surface area contributed by atoms with E-state index in [9.17, 15) is 18.4 Å². The van der Waals surface area contributed by atoms with Gasteiger partial charge in [-0.25, -0.2) is 0 Å². The molecule has 0 aliphatic heterocycles. The average Bonchev–Trinajstić information content (AvgIpc) is 2.61. The minimum absolute atomic E-state index is 0.0736. The molecule has 0 atom stereocenters. The van der Waals surface area contributed by atoms with E-state index in [-0.39, 0.29) is 34.6 Å². The van der Waals surface area contributed by atoms with Crippen LogP contribution in [0.3, 0.4) is 0 Å². The van der Waals surface area contributed by atoms with Crippen molar-refractivity contribution in [1.82, 2.24) is 0 Å². The molecule has 2 aromatic carbocycles. The molecule has 0 aliphatic carbocycles. The second-order valence-corrected chi connectivity index (χ2v) is 5.69. The van der Waals surface area contributed by atoms with Gasteiger partial charge in [-0.15, -0.1) is 0 Å². The van der Waals surface area contributed by atoms with E-state index in [0.29, 0.717) is 11.3 Å². The number of ether oxygens (including phenoxy) is 3. The van der Waals surface area contributed by atoms with Crippen LogP contribution in [0.2, 0.25) is 5.02 Å². The van der Waals surface area contributed by atoms with E-state index >= 15 is 0 Å². The Bertz CT molecular complexity index is 844. The highest BCUT2D eigenvalue weighted by Crippen LogP contribution is 2.30. The zero-order valence-corrected chi connectivity index (χ0v) is 15.2. The number of benzene rings is 2. The van der Waals surface area contributed by atoms with Crippen LogP contribution in [-0.2, 0) is 4.79 Å². The zero-order chi connectivity index (χ0) is 20.0. The lowest BCUT2D eigenvalue weighted by Crippen LogP contribution is -2.20. The number of anilines is 1.